The molecule has 2 heterocycles. The first-order valence-electron chi connectivity index (χ1n) is 7.02. The molecule has 6 heteroatoms. The lowest BCUT2D eigenvalue weighted by Crippen LogP contribution is -2.27. The second-order valence-corrected chi connectivity index (χ2v) is 6.39. The zero-order valence-electron chi connectivity index (χ0n) is 12.0. The number of thiazole rings is 1. The second-order valence-electron chi connectivity index (χ2n) is 5.17. The molecule has 1 aliphatic heterocycles. The number of hydrogen-bond donors (Lipinski definition) is 1. The van der Waals surface area contributed by atoms with Crippen LogP contribution in [0.5, 0.6) is 0 Å². The molecule has 0 bridgehead atoms. The Bertz CT molecular complexity index is 708. The molecular formula is C15H18N4OS. The number of nitrogen functional groups attached to an aromatic ring is 1. The highest BCUT2D eigenvalue weighted by Gasteiger charge is 2.17. The molecule has 1 aromatic heterocycles. The summed E-state index contributed by atoms with van der Waals surface area (Å²) in [7, 11) is 0. The normalized spacial score (nSPS) is 15.7. The number of likely N-dealkylation sites (tertiary alicyclic amines) is 1. The molecule has 2 aromatic rings. The largest absolute Gasteiger partial charge is 0.399 e. The van der Waals surface area contributed by atoms with Crippen molar-refractivity contribution in [2.75, 3.05) is 18.8 Å². The maximum absolute atomic E-state index is 12.2. The van der Waals surface area contributed by atoms with Crippen LogP contribution in [0.4, 0.5) is 10.5 Å². The van der Waals surface area contributed by atoms with Crippen LogP contribution >= 0.6 is 11.3 Å². The molecule has 5 nitrogen and oxygen atoms in total. The lowest BCUT2D eigenvalue weighted by atomic mass is 10.3. The molecule has 21 heavy (non-hydrogen) atoms. The summed E-state index contributed by atoms with van der Waals surface area (Å²) >= 11 is 1.52. The van der Waals surface area contributed by atoms with Gasteiger partial charge < -0.3 is 10.6 Å². The molecule has 0 spiro atoms. The maximum Gasteiger partial charge on any atom is 0.346 e. The summed E-state index contributed by atoms with van der Waals surface area (Å²) in [4.78, 5) is 20.1. The van der Waals surface area contributed by atoms with Crippen molar-refractivity contribution < 1.29 is 4.79 Å². The molecule has 0 unspecified atom stereocenters. The highest BCUT2D eigenvalue weighted by molar-refractivity contribution is 7.09. The van der Waals surface area contributed by atoms with Gasteiger partial charge in [0.25, 0.3) is 0 Å². The second kappa shape index (κ2) is 5.73. The van der Waals surface area contributed by atoms with Crippen molar-refractivity contribution in [1.82, 2.24) is 9.47 Å². The fraction of sp³-hybridized carbons (Fsp3) is 0.333. The van der Waals surface area contributed by atoms with E-state index in [1.54, 1.807) is 0 Å². The topological polar surface area (TPSA) is 63.6 Å². The van der Waals surface area contributed by atoms with Gasteiger partial charge in [0.15, 0.2) is 4.80 Å². The number of rotatable bonds is 1. The Morgan fingerprint density at radius 2 is 1.90 bits per heavy atom. The Kier molecular flexibility index (Phi) is 3.79. The van der Waals surface area contributed by atoms with Gasteiger partial charge in [0.05, 0.1) is 0 Å². The molecule has 0 atom stereocenters. The summed E-state index contributed by atoms with van der Waals surface area (Å²) in [6.45, 7) is 3.64. The molecule has 3 rings (SSSR count). The van der Waals surface area contributed by atoms with E-state index in [0.717, 1.165) is 42.2 Å². The van der Waals surface area contributed by atoms with Crippen LogP contribution in [0, 0.1) is 6.92 Å². The Balaban J connectivity index is 1.99. The molecule has 0 saturated carbocycles. The lowest BCUT2D eigenvalue weighted by molar-refractivity contribution is 0.218. The van der Waals surface area contributed by atoms with Crippen LogP contribution in [-0.2, 0) is 0 Å². The van der Waals surface area contributed by atoms with Crippen LogP contribution in [0.25, 0.3) is 5.69 Å². The van der Waals surface area contributed by atoms with E-state index in [9.17, 15) is 4.79 Å². The third-order valence-electron chi connectivity index (χ3n) is 3.51. The molecule has 2 N–H and O–H groups in total. The van der Waals surface area contributed by atoms with E-state index >= 15 is 0 Å². The summed E-state index contributed by atoms with van der Waals surface area (Å²) in [5.41, 5.74) is 7.40. The Labute approximate surface area is 127 Å². The third kappa shape index (κ3) is 3.00. The fourth-order valence-corrected chi connectivity index (χ4v) is 3.24. The molecule has 1 aromatic carbocycles. The van der Waals surface area contributed by atoms with Gasteiger partial charge in [0, 0.05) is 35.5 Å². The van der Waals surface area contributed by atoms with Gasteiger partial charge in [-0.25, -0.2) is 4.79 Å². The van der Waals surface area contributed by atoms with Gasteiger partial charge in [-0.1, -0.05) is 0 Å². The number of nitrogens with two attached hydrogens (primary N) is 1. The van der Waals surface area contributed by atoms with Crippen LogP contribution < -0.4 is 10.5 Å². The maximum atomic E-state index is 12.2. The number of hydrogen-bond acceptors (Lipinski definition) is 3. The number of carbonyl (C=O) groups is 1. The van der Waals surface area contributed by atoms with E-state index in [1.165, 1.54) is 11.3 Å². The zero-order chi connectivity index (χ0) is 14.8. The quantitative estimate of drug-likeness (QED) is 0.823. The predicted molar refractivity (Wildman–Crippen MR) is 84.6 cm³/mol. The molecule has 1 aliphatic rings. The fourth-order valence-electron chi connectivity index (χ4n) is 2.41. The molecule has 2 amide bonds. The number of benzene rings is 1. The average molecular weight is 302 g/mol. The monoisotopic (exact) mass is 302 g/mol. The molecule has 0 aliphatic carbocycles. The Hall–Kier alpha value is -2.08. The summed E-state index contributed by atoms with van der Waals surface area (Å²) in [6, 6.07) is 7.42. The molecule has 110 valence electrons. The van der Waals surface area contributed by atoms with E-state index in [4.69, 9.17) is 5.73 Å². The van der Waals surface area contributed by atoms with Gasteiger partial charge in [0.1, 0.15) is 0 Å². The first kappa shape index (κ1) is 13.9. The zero-order valence-corrected chi connectivity index (χ0v) is 12.8. The standard InChI is InChI=1S/C15H18N4OS/c1-11-10-19(13-6-4-12(16)5-7-13)15(21-11)17-14(20)18-8-2-3-9-18/h4-7,10H,2-3,8-9,16H2,1H3. The van der Waals surface area contributed by atoms with Gasteiger partial charge in [-0.2, -0.15) is 4.99 Å². The van der Waals surface area contributed by atoms with Gasteiger partial charge in [-0.3, -0.25) is 4.57 Å². The van der Waals surface area contributed by atoms with Crippen LogP contribution in [-0.4, -0.2) is 28.6 Å². The van der Waals surface area contributed by atoms with Crippen molar-refractivity contribution in [1.29, 1.82) is 0 Å². The minimum absolute atomic E-state index is 0.140. The smallest absolute Gasteiger partial charge is 0.346 e. The SMILES string of the molecule is Cc1cn(-c2ccc(N)cc2)c(=NC(=O)N2CCCC2)s1. The number of anilines is 1. The van der Waals surface area contributed by atoms with Crippen molar-refractivity contribution >= 4 is 23.1 Å². The number of aromatic nitrogens is 1. The number of amides is 2. The van der Waals surface area contributed by atoms with E-state index in [0.29, 0.717) is 4.80 Å². The summed E-state index contributed by atoms with van der Waals surface area (Å²) in [5.74, 6) is 0. The minimum Gasteiger partial charge on any atom is -0.399 e. The van der Waals surface area contributed by atoms with Crippen molar-refractivity contribution in [2.24, 2.45) is 4.99 Å². The molecular weight excluding hydrogens is 284 g/mol. The Morgan fingerprint density at radius 3 is 2.57 bits per heavy atom. The third-order valence-corrected chi connectivity index (χ3v) is 4.41. The molecule has 0 radical (unpaired) electrons. The average Bonchev–Trinajstić information content (AvgIpc) is 3.09. The summed E-state index contributed by atoms with van der Waals surface area (Å²) < 4.78 is 1.94. The first-order valence-corrected chi connectivity index (χ1v) is 7.84. The van der Waals surface area contributed by atoms with E-state index in [-0.39, 0.29) is 6.03 Å². The van der Waals surface area contributed by atoms with Crippen molar-refractivity contribution in [3.8, 4) is 5.69 Å². The first-order chi connectivity index (χ1) is 10.1. The summed E-state index contributed by atoms with van der Waals surface area (Å²) in [6.07, 6.45) is 4.14. The van der Waals surface area contributed by atoms with Gasteiger partial charge in [0.2, 0.25) is 0 Å². The minimum atomic E-state index is -0.140. The summed E-state index contributed by atoms with van der Waals surface area (Å²) in [5, 5.41) is 0. The lowest BCUT2D eigenvalue weighted by Gasteiger charge is -2.10. The number of urea groups is 1. The van der Waals surface area contributed by atoms with Gasteiger partial charge in [-0.05, 0) is 44.0 Å². The molecule has 1 fully saturated rings. The number of nitrogens with zero attached hydrogens (tertiary/aromatic N) is 3. The number of aryl methyl sites for hydroxylation is 1. The predicted octanol–water partition coefficient (Wildman–Crippen LogP) is 2.55. The van der Waals surface area contributed by atoms with E-state index in [2.05, 4.69) is 4.99 Å². The van der Waals surface area contributed by atoms with Crippen molar-refractivity contribution in [3.05, 3.63) is 40.1 Å². The van der Waals surface area contributed by atoms with Gasteiger partial charge in [-0.15, -0.1) is 11.3 Å². The van der Waals surface area contributed by atoms with Crippen LogP contribution in [0.15, 0.2) is 35.5 Å². The van der Waals surface area contributed by atoms with E-state index < -0.39 is 0 Å². The number of carbonyl (C=O) groups excluding carboxylic acids is 1. The highest BCUT2D eigenvalue weighted by atomic mass is 32.1. The van der Waals surface area contributed by atoms with Crippen LogP contribution in [0.3, 0.4) is 0 Å². The molecule has 1 saturated heterocycles. The van der Waals surface area contributed by atoms with Crippen LogP contribution in [0.1, 0.15) is 17.7 Å². The van der Waals surface area contributed by atoms with Gasteiger partial charge >= 0.3 is 6.03 Å². The Morgan fingerprint density at radius 1 is 1.24 bits per heavy atom. The van der Waals surface area contributed by atoms with Crippen molar-refractivity contribution in [2.45, 2.75) is 19.8 Å². The van der Waals surface area contributed by atoms with E-state index in [1.807, 2.05) is 46.9 Å². The highest BCUT2D eigenvalue weighted by Crippen LogP contribution is 2.13. The van der Waals surface area contributed by atoms with Crippen molar-refractivity contribution in [3.63, 3.8) is 0 Å². The van der Waals surface area contributed by atoms with Crippen LogP contribution in [0.2, 0.25) is 0 Å².